The summed E-state index contributed by atoms with van der Waals surface area (Å²) in [6, 6.07) is 5.94. The number of carbonyl (C=O) groups excluding carboxylic acids is 2. The third kappa shape index (κ3) is 7.22. The average Bonchev–Trinajstić information content (AvgIpc) is 3.70. The number of aromatic nitrogens is 4. The van der Waals surface area contributed by atoms with Gasteiger partial charge in [0.15, 0.2) is 0 Å². The molecule has 0 spiro atoms. The highest BCUT2D eigenvalue weighted by molar-refractivity contribution is 5.99. The van der Waals surface area contributed by atoms with Gasteiger partial charge in [0.05, 0.1) is 23.7 Å². The van der Waals surface area contributed by atoms with Crippen LogP contribution in [0.5, 0.6) is 11.5 Å². The molecule has 0 bridgehead atoms. The van der Waals surface area contributed by atoms with Crippen molar-refractivity contribution in [2.75, 3.05) is 38.3 Å². The van der Waals surface area contributed by atoms with Gasteiger partial charge in [-0.25, -0.2) is 19.6 Å². The van der Waals surface area contributed by atoms with Gasteiger partial charge in [0.1, 0.15) is 34.7 Å². The Morgan fingerprint density at radius 2 is 1.56 bits per heavy atom. The molecule has 1 aliphatic rings. The van der Waals surface area contributed by atoms with Gasteiger partial charge in [0.2, 0.25) is 17.8 Å². The highest BCUT2D eigenvalue weighted by atomic mass is 16.6. The lowest BCUT2D eigenvalue weighted by Gasteiger charge is -2.24. The number of ether oxygens (including phenoxy) is 3. The fourth-order valence-electron chi connectivity index (χ4n) is 5.43. The SMILES string of the molecule is COc1cc(C(=O)O)cc2nc(N)n(C/C=C/Cn3c(N)nc4cc(C(N)=O)cc(OCC#CC5CCN(C(=O)OC(C)(C)C)C5)c43)c12. The van der Waals surface area contributed by atoms with E-state index in [9.17, 15) is 19.5 Å². The molecule has 48 heavy (non-hydrogen) atoms. The second-order valence-corrected chi connectivity index (χ2v) is 12.2. The van der Waals surface area contributed by atoms with Crippen LogP contribution in [-0.2, 0) is 17.8 Å². The van der Waals surface area contributed by atoms with Crippen molar-refractivity contribution >= 4 is 51.9 Å². The van der Waals surface area contributed by atoms with E-state index in [4.69, 9.17) is 31.4 Å². The summed E-state index contributed by atoms with van der Waals surface area (Å²) in [5, 5.41) is 9.42. The molecular formula is C33H38N8O7. The molecule has 3 heterocycles. The molecule has 252 valence electrons. The Morgan fingerprint density at radius 1 is 0.979 bits per heavy atom. The lowest BCUT2D eigenvalue weighted by molar-refractivity contribution is 0.0291. The van der Waals surface area contributed by atoms with Crippen molar-refractivity contribution in [1.82, 2.24) is 24.0 Å². The van der Waals surface area contributed by atoms with E-state index in [1.54, 1.807) is 20.1 Å². The van der Waals surface area contributed by atoms with Crippen molar-refractivity contribution in [2.45, 2.75) is 45.9 Å². The van der Waals surface area contributed by atoms with Crippen LogP contribution in [0.25, 0.3) is 22.1 Å². The number of hydrogen-bond acceptors (Lipinski definition) is 10. The number of nitrogen functional groups attached to an aromatic ring is 2. The first-order valence-corrected chi connectivity index (χ1v) is 15.2. The van der Waals surface area contributed by atoms with E-state index >= 15 is 0 Å². The first-order valence-electron chi connectivity index (χ1n) is 15.2. The number of methoxy groups -OCH3 is 1. The number of nitrogens with zero attached hydrogens (tertiary/aromatic N) is 5. The van der Waals surface area contributed by atoms with E-state index in [1.807, 2.05) is 32.9 Å². The van der Waals surface area contributed by atoms with Crippen molar-refractivity contribution < 1.29 is 33.7 Å². The van der Waals surface area contributed by atoms with Crippen molar-refractivity contribution in [3.63, 3.8) is 0 Å². The minimum atomic E-state index is -1.10. The van der Waals surface area contributed by atoms with Crippen LogP contribution in [-0.4, -0.2) is 79.5 Å². The second-order valence-electron chi connectivity index (χ2n) is 12.2. The number of amides is 2. The summed E-state index contributed by atoms with van der Waals surface area (Å²) in [4.78, 5) is 46.3. The number of primary amides is 1. The molecule has 1 saturated heterocycles. The van der Waals surface area contributed by atoms with Crippen LogP contribution in [0.1, 0.15) is 47.9 Å². The number of likely N-dealkylation sites (tertiary alicyclic amines) is 1. The maximum absolute atomic E-state index is 12.4. The summed E-state index contributed by atoms with van der Waals surface area (Å²) in [6.07, 6.45) is 4.06. The third-order valence-electron chi connectivity index (χ3n) is 7.61. The van der Waals surface area contributed by atoms with Gasteiger partial charge in [0, 0.05) is 37.7 Å². The smallest absolute Gasteiger partial charge is 0.410 e. The zero-order valence-electron chi connectivity index (χ0n) is 27.1. The first kappa shape index (κ1) is 33.5. The predicted octanol–water partition coefficient (Wildman–Crippen LogP) is 3.25. The van der Waals surface area contributed by atoms with E-state index in [0.717, 1.165) is 6.42 Å². The molecule has 15 nitrogen and oxygen atoms in total. The van der Waals surface area contributed by atoms with Crippen LogP contribution in [0, 0.1) is 17.8 Å². The van der Waals surface area contributed by atoms with E-state index in [0.29, 0.717) is 53.2 Å². The number of anilines is 2. The molecule has 1 fully saturated rings. The molecule has 1 unspecified atom stereocenters. The number of benzene rings is 2. The van der Waals surface area contributed by atoms with E-state index in [2.05, 4.69) is 21.8 Å². The third-order valence-corrected chi connectivity index (χ3v) is 7.61. The largest absolute Gasteiger partial charge is 0.494 e. The minimum Gasteiger partial charge on any atom is -0.494 e. The van der Waals surface area contributed by atoms with E-state index < -0.39 is 17.5 Å². The number of hydrogen-bond donors (Lipinski definition) is 4. The van der Waals surface area contributed by atoms with Crippen molar-refractivity contribution in [1.29, 1.82) is 0 Å². The number of rotatable bonds is 9. The van der Waals surface area contributed by atoms with Gasteiger partial charge in [-0.1, -0.05) is 24.0 Å². The van der Waals surface area contributed by atoms with Gasteiger partial charge in [-0.15, -0.1) is 0 Å². The Balaban J connectivity index is 1.32. The van der Waals surface area contributed by atoms with Crippen LogP contribution in [0.4, 0.5) is 16.7 Å². The maximum Gasteiger partial charge on any atom is 0.410 e. The number of carboxylic acid groups (broad SMARTS) is 1. The number of aromatic carboxylic acids is 1. The molecule has 1 atom stereocenters. The van der Waals surface area contributed by atoms with Gasteiger partial charge in [-0.3, -0.25) is 4.79 Å². The number of carbonyl (C=O) groups is 3. The molecule has 7 N–H and O–H groups in total. The molecule has 15 heteroatoms. The van der Waals surface area contributed by atoms with Crippen LogP contribution in [0.15, 0.2) is 36.4 Å². The maximum atomic E-state index is 12.4. The number of allylic oxidation sites excluding steroid dienone is 2. The number of nitrogens with two attached hydrogens (primary N) is 3. The number of imidazole rings is 2. The minimum absolute atomic E-state index is 0.0135. The highest BCUT2D eigenvalue weighted by Crippen LogP contribution is 2.31. The first-order chi connectivity index (χ1) is 22.8. The summed E-state index contributed by atoms with van der Waals surface area (Å²) >= 11 is 0. The predicted molar refractivity (Wildman–Crippen MR) is 179 cm³/mol. The van der Waals surface area contributed by atoms with Crippen LogP contribution >= 0.6 is 0 Å². The molecule has 0 aliphatic carbocycles. The zero-order valence-corrected chi connectivity index (χ0v) is 27.1. The zero-order chi connectivity index (χ0) is 34.7. The average molecular weight is 659 g/mol. The molecule has 2 aromatic carbocycles. The van der Waals surface area contributed by atoms with Gasteiger partial charge in [-0.2, -0.15) is 0 Å². The quantitative estimate of drug-likeness (QED) is 0.151. The number of fused-ring (bicyclic) bond motifs is 2. The summed E-state index contributed by atoms with van der Waals surface area (Å²) in [5.74, 6) is 5.45. The fourth-order valence-corrected chi connectivity index (χ4v) is 5.43. The van der Waals surface area contributed by atoms with Crippen molar-refractivity contribution in [3.8, 4) is 23.3 Å². The van der Waals surface area contributed by atoms with Gasteiger partial charge in [-0.05, 0) is 51.5 Å². The van der Waals surface area contributed by atoms with Crippen LogP contribution < -0.4 is 26.7 Å². The Bertz CT molecular complexity index is 1990. The molecular weight excluding hydrogens is 620 g/mol. The van der Waals surface area contributed by atoms with E-state index in [1.165, 1.54) is 25.3 Å². The topological polar surface area (TPSA) is 216 Å². The normalized spacial score (nSPS) is 14.8. The van der Waals surface area contributed by atoms with Crippen molar-refractivity contribution in [3.05, 3.63) is 47.5 Å². The lowest BCUT2D eigenvalue weighted by Crippen LogP contribution is -2.35. The Hall–Kier alpha value is -5.91. The molecule has 2 aromatic heterocycles. The van der Waals surface area contributed by atoms with E-state index in [-0.39, 0.29) is 48.2 Å². The van der Waals surface area contributed by atoms with Crippen molar-refractivity contribution in [2.24, 2.45) is 11.7 Å². The monoisotopic (exact) mass is 658 g/mol. The molecule has 2 amide bonds. The van der Waals surface area contributed by atoms with Crippen LogP contribution in [0.3, 0.4) is 0 Å². The number of carboxylic acids is 1. The van der Waals surface area contributed by atoms with Crippen LogP contribution in [0.2, 0.25) is 0 Å². The molecule has 1 aliphatic heterocycles. The standard InChI is InChI=1S/C33H38N8O7/c1-33(2,3)48-32(45)39-12-9-19(18-39)8-7-13-47-25-16-20(28(34)42)14-22-27(25)41(31(36)37-22)11-6-5-10-40-26-23(38-30(40)35)15-21(29(43)44)17-24(26)46-4/h5-6,14-17,19H,9-13,18H2,1-4H3,(H2,34,42)(H2,35,38)(H2,36,37)(H,43,44)/b6-5+. The summed E-state index contributed by atoms with van der Waals surface area (Å²) < 4.78 is 20.3. The summed E-state index contributed by atoms with van der Waals surface area (Å²) in [7, 11) is 1.44. The van der Waals surface area contributed by atoms with Gasteiger partial charge >= 0.3 is 12.1 Å². The summed E-state index contributed by atoms with van der Waals surface area (Å²) in [5.41, 5.74) is 19.6. The Labute approximate surface area is 276 Å². The Morgan fingerprint density at radius 3 is 2.12 bits per heavy atom. The molecule has 0 radical (unpaired) electrons. The Kier molecular flexibility index (Phi) is 9.37. The van der Waals surface area contributed by atoms with Gasteiger partial charge in [0.25, 0.3) is 0 Å². The molecule has 4 aromatic rings. The summed E-state index contributed by atoms with van der Waals surface area (Å²) in [6.45, 7) is 7.11. The molecule has 0 saturated carbocycles. The fraction of sp³-hybridized carbons (Fsp3) is 0.364. The molecule has 5 rings (SSSR count). The second kappa shape index (κ2) is 13.4. The lowest BCUT2D eigenvalue weighted by atomic mass is 10.1. The van der Waals surface area contributed by atoms with Gasteiger partial charge < -0.3 is 50.6 Å². The highest BCUT2D eigenvalue weighted by Gasteiger charge is 2.29.